The molecule has 0 spiro atoms. The Hall–Kier alpha value is -1.59. The zero-order valence-electron chi connectivity index (χ0n) is 8.88. The van der Waals surface area contributed by atoms with Gasteiger partial charge in [0.25, 0.3) is 0 Å². The van der Waals surface area contributed by atoms with Crippen LogP contribution in [0.15, 0.2) is 36.2 Å². The molecule has 1 N–H and O–H groups in total. The van der Waals surface area contributed by atoms with Crippen molar-refractivity contribution in [2.75, 3.05) is 0 Å². The van der Waals surface area contributed by atoms with E-state index in [0.717, 1.165) is 13.0 Å². The van der Waals surface area contributed by atoms with Crippen molar-refractivity contribution in [2.45, 2.75) is 12.6 Å². The van der Waals surface area contributed by atoms with Gasteiger partial charge >= 0.3 is 5.97 Å². The molecule has 1 aliphatic rings. The first kappa shape index (κ1) is 13.5. The highest BCUT2D eigenvalue weighted by Gasteiger charge is 2.56. The molecule has 17 heavy (non-hydrogen) atoms. The van der Waals surface area contributed by atoms with E-state index in [0.29, 0.717) is 0 Å². The van der Waals surface area contributed by atoms with Crippen LogP contribution >= 0.6 is 0 Å². The van der Waals surface area contributed by atoms with E-state index in [4.69, 9.17) is 5.11 Å². The Morgan fingerprint density at radius 1 is 1.59 bits per heavy atom. The molecule has 0 aliphatic heterocycles. The molecule has 2 nitrogen and oxygen atoms in total. The number of hydrogen-bond acceptors (Lipinski definition) is 1. The molecule has 1 rings (SSSR count). The lowest BCUT2D eigenvalue weighted by molar-refractivity contribution is -0.147. The highest BCUT2D eigenvalue weighted by Crippen LogP contribution is 2.47. The second-order valence-electron chi connectivity index (χ2n) is 3.75. The molecular formula is C11H10F4O2. The molecule has 0 amide bonds. The monoisotopic (exact) mass is 250 g/mol. The van der Waals surface area contributed by atoms with Crippen molar-refractivity contribution in [1.82, 2.24) is 0 Å². The summed E-state index contributed by atoms with van der Waals surface area (Å²) < 4.78 is 54.1. The van der Waals surface area contributed by atoms with Crippen LogP contribution in [0.3, 0.4) is 0 Å². The number of carboxylic acid groups (broad SMARTS) is 1. The molecule has 94 valence electrons. The third kappa shape index (κ3) is 1.87. The number of hydrogen-bond donors (Lipinski definition) is 1. The molecule has 0 heterocycles. The average molecular weight is 250 g/mol. The molecule has 0 bridgehead atoms. The topological polar surface area (TPSA) is 37.3 Å². The van der Waals surface area contributed by atoms with Gasteiger partial charge in [0, 0.05) is 12.0 Å². The van der Waals surface area contributed by atoms with Gasteiger partial charge in [-0.2, -0.15) is 0 Å². The minimum Gasteiger partial charge on any atom is -0.481 e. The van der Waals surface area contributed by atoms with E-state index in [2.05, 4.69) is 6.58 Å². The molecule has 3 atom stereocenters. The Bertz CT molecular complexity index is 427. The molecule has 6 heteroatoms. The van der Waals surface area contributed by atoms with E-state index >= 15 is 0 Å². The van der Waals surface area contributed by atoms with Crippen molar-refractivity contribution in [3.63, 3.8) is 0 Å². The molecule has 3 unspecified atom stereocenters. The van der Waals surface area contributed by atoms with Gasteiger partial charge in [0.15, 0.2) is 17.3 Å². The first-order valence-corrected chi connectivity index (χ1v) is 4.73. The van der Waals surface area contributed by atoms with E-state index in [9.17, 15) is 22.4 Å². The Kier molecular flexibility index (Phi) is 3.45. The van der Waals surface area contributed by atoms with Gasteiger partial charge in [-0.3, -0.25) is 4.79 Å². The Labute approximate surface area is 94.9 Å². The molecule has 0 aromatic carbocycles. The smallest absolute Gasteiger partial charge is 0.317 e. The van der Waals surface area contributed by atoms with Crippen LogP contribution in [-0.2, 0) is 4.79 Å². The number of alkyl halides is 1. The van der Waals surface area contributed by atoms with Gasteiger partial charge in [0.05, 0.1) is 0 Å². The first-order valence-electron chi connectivity index (χ1n) is 4.73. The van der Waals surface area contributed by atoms with Crippen molar-refractivity contribution in [3.8, 4) is 0 Å². The van der Waals surface area contributed by atoms with Gasteiger partial charge in [0.1, 0.15) is 11.7 Å². The molecule has 0 fully saturated rings. The number of halogens is 4. The normalized spacial score (nSPS) is 30.9. The number of carboxylic acids is 1. The summed E-state index contributed by atoms with van der Waals surface area (Å²) in [6.07, 6.45) is 0.948. The van der Waals surface area contributed by atoms with E-state index in [1.807, 2.05) is 0 Å². The predicted octanol–water partition coefficient (Wildman–Crippen LogP) is 3.24. The molecule has 0 radical (unpaired) electrons. The van der Waals surface area contributed by atoms with Crippen LogP contribution in [0.4, 0.5) is 17.6 Å². The number of carbonyl (C=O) groups is 1. The molecule has 0 aromatic heterocycles. The van der Waals surface area contributed by atoms with Crippen LogP contribution in [-0.4, -0.2) is 16.7 Å². The number of allylic oxidation sites excluding steroid dienone is 4. The van der Waals surface area contributed by atoms with Gasteiger partial charge in [-0.25, -0.2) is 17.6 Å². The van der Waals surface area contributed by atoms with Gasteiger partial charge in [-0.05, 0) is 0 Å². The maximum absolute atomic E-state index is 14.4. The van der Waals surface area contributed by atoms with E-state index in [1.165, 1.54) is 0 Å². The summed E-state index contributed by atoms with van der Waals surface area (Å²) in [5, 5.41) is 8.73. The van der Waals surface area contributed by atoms with Crippen LogP contribution < -0.4 is 0 Å². The highest BCUT2D eigenvalue weighted by atomic mass is 19.2. The summed E-state index contributed by atoms with van der Waals surface area (Å²) in [6, 6.07) is 0. The average Bonchev–Trinajstić information content (AvgIpc) is 2.24. The van der Waals surface area contributed by atoms with Crippen molar-refractivity contribution < 1.29 is 27.5 Å². The minimum atomic E-state index is -3.30. The number of aliphatic carboxylic acids is 1. The van der Waals surface area contributed by atoms with Gasteiger partial charge in [0.2, 0.25) is 0 Å². The third-order valence-corrected chi connectivity index (χ3v) is 2.77. The quantitative estimate of drug-likeness (QED) is 0.616. The fourth-order valence-electron chi connectivity index (χ4n) is 1.71. The standard InChI is InChI=1S/C11H10F4O2/c1-3-5(2)11(15)8(10(16)17)6(12)4-7(13)9(11)14/h3-5,8H,1H2,2H3,(H,16,17). The van der Waals surface area contributed by atoms with Crippen LogP contribution in [0.1, 0.15) is 6.92 Å². The Morgan fingerprint density at radius 2 is 2.12 bits per heavy atom. The fraction of sp³-hybridized carbons (Fsp3) is 0.364. The summed E-state index contributed by atoms with van der Waals surface area (Å²) in [7, 11) is 0. The molecular weight excluding hydrogens is 240 g/mol. The maximum atomic E-state index is 14.4. The largest absolute Gasteiger partial charge is 0.481 e. The third-order valence-electron chi connectivity index (χ3n) is 2.77. The predicted molar refractivity (Wildman–Crippen MR) is 52.8 cm³/mol. The van der Waals surface area contributed by atoms with Gasteiger partial charge < -0.3 is 5.11 Å². The summed E-state index contributed by atoms with van der Waals surface area (Å²) in [4.78, 5) is 10.8. The Morgan fingerprint density at radius 3 is 2.53 bits per heavy atom. The van der Waals surface area contributed by atoms with Crippen LogP contribution in [0.25, 0.3) is 0 Å². The second-order valence-corrected chi connectivity index (χ2v) is 3.75. The minimum absolute atomic E-state index is 0.0434. The van der Waals surface area contributed by atoms with Crippen molar-refractivity contribution in [1.29, 1.82) is 0 Å². The lowest BCUT2D eigenvalue weighted by atomic mass is 9.75. The van der Waals surface area contributed by atoms with Crippen molar-refractivity contribution >= 4 is 5.97 Å². The van der Waals surface area contributed by atoms with Crippen LogP contribution in [0, 0.1) is 11.8 Å². The van der Waals surface area contributed by atoms with Gasteiger partial charge in [-0.1, -0.05) is 13.0 Å². The fourth-order valence-corrected chi connectivity index (χ4v) is 1.71. The lowest BCUT2D eigenvalue weighted by Gasteiger charge is -2.34. The second kappa shape index (κ2) is 4.35. The highest BCUT2D eigenvalue weighted by molar-refractivity contribution is 5.76. The molecule has 0 saturated carbocycles. The van der Waals surface area contributed by atoms with E-state index in [-0.39, 0.29) is 6.08 Å². The lowest BCUT2D eigenvalue weighted by Crippen LogP contribution is -2.46. The van der Waals surface area contributed by atoms with Crippen molar-refractivity contribution in [2.24, 2.45) is 11.8 Å². The molecule has 0 aromatic rings. The van der Waals surface area contributed by atoms with Crippen LogP contribution in [0.5, 0.6) is 0 Å². The summed E-state index contributed by atoms with van der Waals surface area (Å²) in [6.45, 7) is 4.26. The van der Waals surface area contributed by atoms with Crippen LogP contribution in [0.2, 0.25) is 0 Å². The Balaban J connectivity index is 3.45. The van der Waals surface area contributed by atoms with E-state index < -0.39 is 41.0 Å². The SMILES string of the molecule is C=CC(C)C1(F)C(F)=C(F)C=C(F)C1C(=O)O. The number of rotatable bonds is 3. The van der Waals surface area contributed by atoms with E-state index in [1.54, 1.807) is 0 Å². The zero-order valence-corrected chi connectivity index (χ0v) is 8.88. The maximum Gasteiger partial charge on any atom is 0.317 e. The summed E-state index contributed by atoms with van der Waals surface area (Å²) in [5.41, 5.74) is -3.30. The zero-order chi connectivity index (χ0) is 13.4. The molecule has 0 saturated heterocycles. The first-order chi connectivity index (χ1) is 7.76. The summed E-state index contributed by atoms with van der Waals surface area (Å²) in [5.74, 6) is -10.9. The van der Waals surface area contributed by atoms with Gasteiger partial charge in [-0.15, -0.1) is 6.58 Å². The summed E-state index contributed by atoms with van der Waals surface area (Å²) >= 11 is 0. The van der Waals surface area contributed by atoms with Crippen molar-refractivity contribution in [3.05, 3.63) is 36.2 Å². The molecule has 1 aliphatic carbocycles.